The van der Waals surface area contributed by atoms with Crippen molar-refractivity contribution in [3.63, 3.8) is 0 Å². The van der Waals surface area contributed by atoms with Gasteiger partial charge in [0.15, 0.2) is 5.84 Å². The summed E-state index contributed by atoms with van der Waals surface area (Å²) in [6.07, 6.45) is 1.40. The minimum absolute atomic E-state index is 0.444. The third-order valence-corrected chi connectivity index (χ3v) is 0.705. The van der Waals surface area contributed by atoms with Crippen molar-refractivity contribution < 1.29 is 4.74 Å². The number of hydrogen-bond donors (Lipinski definition) is 0. The van der Waals surface area contributed by atoms with E-state index >= 15 is 0 Å². The van der Waals surface area contributed by atoms with Crippen LogP contribution >= 0.6 is 0 Å². The van der Waals surface area contributed by atoms with Gasteiger partial charge >= 0.3 is 0 Å². The van der Waals surface area contributed by atoms with E-state index in [2.05, 4.69) is 15.5 Å². The van der Waals surface area contributed by atoms with Crippen LogP contribution in [0.3, 0.4) is 0 Å². The van der Waals surface area contributed by atoms with Crippen LogP contribution < -0.4 is 5.32 Å². The molecule has 0 N–H and O–H groups in total. The van der Waals surface area contributed by atoms with Crippen LogP contribution in [0, 0.1) is 0 Å². The average molecular weight is 112 g/mol. The van der Waals surface area contributed by atoms with Gasteiger partial charge in [-0.2, -0.15) is 0 Å². The zero-order valence-electron chi connectivity index (χ0n) is 4.53. The van der Waals surface area contributed by atoms with Gasteiger partial charge in [0.1, 0.15) is 12.9 Å². The van der Waals surface area contributed by atoms with Crippen LogP contribution in [-0.2, 0) is 4.74 Å². The maximum atomic E-state index is 4.72. The standard InChI is InChI=1S/C4H6N3O/c1-8-2-4-5-3-6-7-4/h3H,2H2,1H3. The Balaban J connectivity index is 2.28. The molecule has 0 saturated carbocycles. The summed E-state index contributed by atoms with van der Waals surface area (Å²) >= 11 is 0. The van der Waals surface area contributed by atoms with Gasteiger partial charge in [0.05, 0.1) is 0 Å². The van der Waals surface area contributed by atoms with Gasteiger partial charge in [-0.3, -0.25) is 0 Å². The van der Waals surface area contributed by atoms with Crippen LogP contribution in [0.15, 0.2) is 10.2 Å². The first-order valence-corrected chi connectivity index (χ1v) is 2.21. The molecular formula is C4H6N3O. The molecule has 0 aromatic rings. The van der Waals surface area contributed by atoms with Gasteiger partial charge in [0, 0.05) is 7.11 Å². The molecule has 0 aromatic carbocycles. The van der Waals surface area contributed by atoms with Gasteiger partial charge < -0.3 is 4.74 Å². The average Bonchev–Trinajstić information content (AvgIpc) is 2.19. The van der Waals surface area contributed by atoms with Gasteiger partial charge in [-0.15, -0.1) is 10.2 Å². The third-order valence-electron chi connectivity index (χ3n) is 0.705. The minimum atomic E-state index is 0.444. The Morgan fingerprint density at radius 2 is 2.62 bits per heavy atom. The van der Waals surface area contributed by atoms with Gasteiger partial charge in [-0.25, -0.2) is 5.32 Å². The highest BCUT2D eigenvalue weighted by Crippen LogP contribution is 1.83. The first-order chi connectivity index (χ1) is 3.93. The van der Waals surface area contributed by atoms with E-state index in [1.54, 1.807) is 7.11 Å². The minimum Gasteiger partial charge on any atom is -0.377 e. The van der Waals surface area contributed by atoms with Gasteiger partial charge in [-0.1, -0.05) is 0 Å². The summed E-state index contributed by atoms with van der Waals surface area (Å²) in [6.45, 7) is 0.444. The molecule has 0 fully saturated rings. The predicted octanol–water partition coefficient (Wildman–Crippen LogP) is -0.407. The van der Waals surface area contributed by atoms with E-state index in [-0.39, 0.29) is 0 Å². The van der Waals surface area contributed by atoms with Crippen LogP contribution in [0.5, 0.6) is 0 Å². The second-order valence-corrected chi connectivity index (χ2v) is 1.31. The van der Waals surface area contributed by atoms with E-state index in [1.165, 1.54) is 6.34 Å². The molecule has 4 nitrogen and oxygen atoms in total. The van der Waals surface area contributed by atoms with E-state index in [1.807, 2.05) is 0 Å². The van der Waals surface area contributed by atoms with Crippen molar-refractivity contribution in [1.29, 1.82) is 0 Å². The summed E-state index contributed by atoms with van der Waals surface area (Å²) in [6, 6.07) is 0. The maximum Gasteiger partial charge on any atom is 0.178 e. The van der Waals surface area contributed by atoms with Gasteiger partial charge in [0.25, 0.3) is 0 Å². The number of hydrogen-bond acceptors (Lipinski definition) is 3. The molecule has 8 heavy (non-hydrogen) atoms. The molecule has 43 valence electrons. The Bertz CT molecular complexity index is 129. The van der Waals surface area contributed by atoms with Crippen LogP contribution in [0.2, 0.25) is 0 Å². The van der Waals surface area contributed by atoms with Crippen molar-refractivity contribution in [2.24, 2.45) is 10.2 Å². The van der Waals surface area contributed by atoms with Crippen LogP contribution in [0.4, 0.5) is 0 Å². The normalized spacial score (nSPS) is 15.9. The zero-order valence-corrected chi connectivity index (χ0v) is 4.53. The van der Waals surface area contributed by atoms with E-state index < -0.39 is 0 Å². The summed E-state index contributed by atoms with van der Waals surface area (Å²) < 4.78 is 4.72. The molecule has 1 aliphatic heterocycles. The predicted molar refractivity (Wildman–Crippen MR) is 29.9 cm³/mol. The fourth-order valence-electron chi connectivity index (χ4n) is 0.406. The summed E-state index contributed by atoms with van der Waals surface area (Å²) in [7, 11) is 1.59. The lowest BCUT2D eigenvalue weighted by Gasteiger charge is -1.91. The first-order valence-electron chi connectivity index (χ1n) is 2.21. The van der Waals surface area contributed by atoms with Crippen LogP contribution in [-0.4, -0.2) is 25.9 Å². The van der Waals surface area contributed by atoms with Crippen molar-refractivity contribution in [3.8, 4) is 0 Å². The number of amidine groups is 1. The summed E-state index contributed by atoms with van der Waals surface area (Å²) in [5.41, 5.74) is 0. The highest BCUT2D eigenvalue weighted by Gasteiger charge is 2.00. The molecule has 0 spiro atoms. The van der Waals surface area contributed by atoms with Crippen molar-refractivity contribution in [3.05, 3.63) is 0 Å². The molecular weight excluding hydrogens is 106 g/mol. The molecule has 0 saturated heterocycles. The molecule has 0 aromatic heterocycles. The van der Waals surface area contributed by atoms with Gasteiger partial charge in [0.2, 0.25) is 0 Å². The number of rotatable bonds is 2. The SMILES string of the molecule is COCC1=NN=C[N]1. The molecule has 0 amide bonds. The quantitative estimate of drug-likeness (QED) is 0.479. The first kappa shape index (κ1) is 5.24. The number of nitrogens with zero attached hydrogens (tertiary/aromatic N) is 3. The van der Waals surface area contributed by atoms with E-state index in [0.29, 0.717) is 12.4 Å². The van der Waals surface area contributed by atoms with Crippen molar-refractivity contribution in [2.45, 2.75) is 0 Å². The molecule has 4 heteroatoms. The maximum absolute atomic E-state index is 4.72. The Hall–Kier alpha value is -0.900. The molecule has 0 atom stereocenters. The highest BCUT2D eigenvalue weighted by molar-refractivity contribution is 5.94. The van der Waals surface area contributed by atoms with Crippen molar-refractivity contribution >= 4 is 12.2 Å². The monoisotopic (exact) mass is 112 g/mol. The summed E-state index contributed by atoms with van der Waals surface area (Å²) in [5.74, 6) is 0.632. The Labute approximate surface area is 47.3 Å². The topological polar surface area (TPSA) is 48.1 Å². The lowest BCUT2D eigenvalue weighted by atomic mass is 10.6. The fraction of sp³-hybridized carbons (Fsp3) is 0.500. The molecule has 0 unspecified atom stereocenters. The van der Waals surface area contributed by atoms with E-state index in [4.69, 9.17) is 4.74 Å². The van der Waals surface area contributed by atoms with Crippen molar-refractivity contribution in [1.82, 2.24) is 5.32 Å². The van der Waals surface area contributed by atoms with Gasteiger partial charge in [-0.05, 0) is 0 Å². The summed E-state index contributed by atoms with van der Waals surface area (Å²) in [5, 5.41) is 10.9. The molecule has 0 aliphatic carbocycles. The molecule has 1 radical (unpaired) electrons. The second kappa shape index (κ2) is 2.42. The second-order valence-electron chi connectivity index (χ2n) is 1.31. The lowest BCUT2D eigenvalue weighted by molar-refractivity contribution is 0.243. The zero-order chi connectivity index (χ0) is 5.82. The number of methoxy groups -OCH3 is 1. The smallest absolute Gasteiger partial charge is 0.178 e. The lowest BCUT2D eigenvalue weighted by Crippen LogP contribution is -2.15. The Morgan fingerprint density at radius 3 is 3.12 bits per heavy atom. The van der Waals surface area contributed by atoms with Crippen molar-refractivity contribution in [2.75, 3.05) is 13.7 Å². The fourth-order valence-corrected chi connectivity index (χ4v) is 0.406. The van der Waals surface area contributed by atoms with Crippen LogP contribution in [0.25, 0.3) is 0 Å². The summed E-state index contributed by atoms with van der Waals surface area (Å²) in [4.78, 5) is 0. The van der Waals surface area contributed by atoms with E-state index in [9.17, 15) is 0 Å². The van der Waals surface area contributed by atoms with Crippen LogP contribution in [0.1, 0.15) is 0 Å². The largest absolute Gasteiger partial charge is 0.377 e. The Morgan fingerprint density at radius 1 is 1.75 bits per heavy atom. The molecule has 0 bridgehead atoms. The van der Waals surface area contributed by atoms with E-state index in [0.717, 1.165) is 0 Å². The third kappa shape index (κ3) is 1.04. The molecule has 1 heterocycles. The number of ether oxygens (including phenoxy) is 1. The molecule has 1 rings (SSSR count). The highest BCUT2D eigenvalue weighted by atomic mass is 16.5. The Kier molecular flexibility index (Phi) is 1.58. The molecule has 1 aliphatic rings.